The zero-order valence-electron chi connectivity index (χ0n) is 29.2. The van der Waals surface area contributed by atoms with Crippen LogP contribution >= 0.6 is 23.2 Å². The summed E-state index contributed by atoms with van der Waals surface area (Å²) < 4.78 is 5.49. The molecule has 4 atom stereocenters. The molecule has 3 saturated heterocycles. The number of carbonyl (C=O) groups is 1. The second-order valence-corrected chi connectivity index (χ2v) is 15.8. The van der Waals surface area contributed by atoms with E-state index < -0.39 is 5.60 Å². The van der Waals surface area contributed by atoms with E-state index in [1.165, 1.54) is 48.8 Å². The molecule has 50 heavy (non-hydrogen) atoms. The molecule has 1 saturated carbocycles. The number of hydrogen-bond acceptors (Lipinski definition) is 6. The van der Waals surface area contributed by atoms with E-state index in [9.17, 15) is 15.0 Å². The Kier molecular flexibility index (Phi) is 18.9. The van der Waals surface area contributed by atoms with Gasteiger partial charge in [-0.1, -0.05) is 80.9 Å². The minimum Gasteiger partial charge on any atom is -0.444 e. The highest BCUT2D eigenvalue weighted by Crippen LogP contribution is 2.29. The molecule has 4 fully saturated rings. The summed E-state index contributed by atoms with van der Waals surface area (Å²) in [4.78, 5) is 16.5. The van der Waals surface area contributed by atoms with E-state index in [0.717, 1.165) is 61.7 Å². The largest absolute Gasteiger partial charge is 0.444 e. The highest BCUT2D eigenvalue weighted by Gasteiger charge is 2.38. The van der Waals surface area contributed by atoms with Crippen molar-refractivity contribution in [3.05, 3.63) is 81.9 Å². The van der Waals surface area contributed by atoms with Gasteiger partial charge < -0.3 is 25.2 Å². The van der Waals surface area contributed by atoms with Gasteiger partial charge in [0.2, 0.25) is 0 Å². The van der Waals surface area contributed by atoms with Gasteiger partial charge >= 0.3 is 6.09 Å². The Bertz CT molecular complexity index is 1270. The molecular weight excluding hydrogens is 669 g/mol. The highest BCUT2D eigenvalue weighted by molar-refractivity contribution is 6.30. The topological polar surface area (TPSA) is 85.3 Å². The number of halogens is 2. The number of allylic oxidation sites excluding steroid dienone is 1. The van der Waals surface area contributed by atoms with Crippen molar-refractivity contribution in [2.75, 3.05) is 26.2 Å². The Morgan fingerprint density at radius 2 is 1.40 bits per heavy atom. The van der Waals surface area contributed by atoms with Crippen molar-refractivity contribution >= 4 is 29.3 Å². The molecule has 0 bridgehead atoms. The van der Waals surface area contributed by atoms with Crippen LogP contribution < -0.4 is 5.32 Å². The number of hydrogen-bond donors (Lipinski definition) is 3. The van der Waals surface area contributed by atoms with Crippen molar-refractivity contribution in [2.24, 2.45) is 0 Å². The summed E-state index contributed by atoms with van der Waals surface area (Å²) in [5.74, 6) is 0. The van der Waals surface area contributed by atoms with Crippen molar-refractivity contribution in [1.29, 1.82) is 0 Å². The van der Waals surface area contributed by atoms with Gasteiger partial charge in [0.05, 0.1) is 12.2 Å². The van der Waals surface area contributed by atoms with Crippen LogP contribution in [0, 0.1) is 0 Å². The number of nitrogens with zero attached hydrogens (tertiary/aromatic N) is 2. The van der Waals surface area contributed by atoms with Gasteiger partial charge in [-0.2, -0.15) is 0 Å². The first-order valence-corrected chi connectivity index (χ1v) is 18.6. The van der Waals surface area contributed by atoms with E-state index in [2.05, 4.69) is 28.9 Å². The van der Waals surface area contributed by atoms with Crippen LogP contribution in [0.5, 0.6) is 0 Å². The molecule has 1 amide bonds. The van der Waals surface area contributed by atoms with E-state index in [4.69, 9.17) is 27.9 Å². The summed E-state index contributed by atoms with van der Waals surface area (Å²) in [5, 5.41) is 24.4. The Labute approximate surface area is 313 Å². The lowest BCUT2D eigenvalue weighted by Gasteiger charge is -2.39. The molecule has 0 spiro atoms. The fourth-order valence-electron chi connectivity index (χ4n) is 7.07. The summed E-state index contributed by atoms with van der Waals surface area (Å²) >= 11 is 11.8. The summed E-state index contributed by atoms with van der Waals surface area (Å²) in [6.07, 6.45) is 11.5. The number of ether oxygens (including phenoxy) is 1. The van der Waals surface area contributed by atoms with Crippen molar-refractivity contribution in [1.82, 2.24) is 15.1 Å². The SMILES string of the molecule is C.C.C=C1CCCCC1.CC(C)(C)OC(=O)N1CCC(N2C[C@H](O)C[C@@H]2Cc2ccc(Cl)cc2)CC1.O[C@H]1CN[C@@H](Cc2ccc(Cl)cc2)C1. The second-order valence-electron chi connectivity index (χ2n) is 14.9. The zero-order chi connectivity index (χ0) is 34.7. The summed E-state index contributed by atoms with van der Waals surface area (Å²) in [6, 6.07) is 17.0. The summed E-state index contributed by atoms with van der Waals surface area (Å²) in [7, 11) is 0. The van der Waals surface area contributed by atoms with Crippen LogP contribution in [0.25, 0.3) is 0 Å². The minimum absolute atomic E-state index is 0. The van der Waals surface area contributed by atoms with E-state index in [1.807, 2.05) is 62.1 Å². The Hall–Kier alpha value is -2.13. The average molecular weight is 735 g/mol. The van der Waals surface area contributed by atoms with Crippen molar-refractivity contribution in [3.8, 4) is 0 Å². The first-order chi connectivity index (χ1) is 22.8. The molecule has 0 radical (unpaired) electrons. The van der Waals surface area contributed by atoms with E-state index in [-0.39, 0.29) is 33.2 Å². The highest BCUT2D eigenvalue weighted by atomic mass is 35.5. The number of piperidine rings is 1. The molecule has 0 unspecified atom stereocenters. The fraction of sp³-hybridized carbons (Fsp3) is 0.634. The van der Waals surface area contributed by atoms with Crippen LogP contribution in [0.2, 0.25) is 10.0 Å². The molecule has 0 aromatic heterocycles. The zero-order valence-corrected chi connectivity index (χ0v) is 30.7. The molecule has 2 aromatic carbocycles. The Morgan fingerprint density at radius 3 is 1.86 bits per heavy atom. The minimum atomic E-state index is -0.462. The number of benzene rings is 2. The predicted molar refractivity (Wildman–Crippen MR) is 210 cm³/mol. The molecule has 3 N–H and O–H groups in total. The van der Waals surface area contributed by atoms with Crippen LogP contribution in [0.3, 0.4) is 0 Å². The number of β-amino-alcohol motifs (C(OH)–C–C–N with tert-alkyl or cyclic N) is 2. The quantitative estimate of drug-likeness (QED) is 0.266. The number of amides is 1. The average Bonchev–Trinajstić information content (AvgIpc) is 3.63. The number of rotatable bonds is 5. The monoisotopic (exact) mass is 733 g/mol. The Morgan fingerprint density at radius 1 is 0.860 bits per heavy atom. The number of likely N-dealkylation sites (tertiary alicyclic amines) is 2. The van der Waals surface area contributed by atoms with Gasteiger partial charge in [-0.25, -0.2) is 4.79 Å². The smallest absolute Gasteiger partial charge is 0.410 e. The van der Waals surface area contributed by atoms with Gasteiger partial charge in [-0.3, -0.25) is 4.90 Å². The third kappa shape index (κ3) is 15.2. The number of aliphatic hydroxyl groups is 2. The van der Waals surface area contributed by atoms with E-state index >= 15 is 0 Å². The van der Waals surface area contributed by atoms with Crippen molar-refractivity contribution < 1.29 is 19.7 Å². The molecule has 3 aliphatic heterocycles. The third-order valence-electron chi connectivity index (χ3n) is 9.56. The maximum atomic E-state index is 12.3. The van der Waals surface area contributed by atoms with Gasteiger partial charge in [0.1, 0.15) is 5.60 Å². The molecule has 6 rings (SSSR count). The maximum Gasteiger partial charge on any atom is 0.410 e. The number of carbonyl (C=O) groups excluding carboxylic acids is 1. The molecule has 282 valence electrons. The number of nitrogens with one attached hydrogen (secondary N) is 1. The lowest BCUT2D eigenvalue weighted by atomic mass is 9.97. The molecule has 2 aromatic rings. The second kappa shape index (κ2) is 21.4. The molecular formula is C41H65Cl2N3O4. The summed E-state index contributed by atoms with van der Waals surface area (Å²) in [6.45, 7) is 12.4. The van der Waals surface area contributed by atoms with E-state index in [0.29, 0.717) is 31.2 Å². The number of aliphatic hydroxyl groups excluding tert-OH is 2. The Balaban J connectivity index is 0.000000313. The van der Waals surface area contributed by atoms with Gasteiger partial charge in [0.15, 0.2) is 0 Å². The molecule has 4 aliphatic rings. The van der Waals surface area contributed by atoms with Crippen molar-refractivity contribution in [2.45, 2.75) is 142 Å². The first kappa shape index (κ1) is 44.0. The standard InChI is InChI=1S/C21H31ClN2O3.C11H14ClNO.C7H12.2CH4/c1-21(2,3)27-20(26)23-10-8-17(9-11-23)24-14-19(25)13-18(24)12-15-4-6-16(22)7-5-15;12-9-3-1-8(2-4-9)5-10-6-11(14)7-13-10;1-7-5-3-2-4-6-7;;/h4-7,17-19,25H,8-14H2,1-3H3;1-4,10-11,13-14H,5-7H2;1-6H2;2*1H4/t18-,19+;10-,11+;;;/m00.../s1. The molecule has 3 heterocycles. The van der Waals surface area contributed by atoms with Crippen molar-refractivity contribution in [3.63, 3.8) is 0 Å². The molecule has 7 nitrogen and oxygen atoms in total. The fourth-order valence-corrected chi connectivity index (χ4v) is 7.33. The summed E-state index contributed by atoms with van der Waals surface area (Å²) in [5.41, 5.74) is 3.51. The van der Waals surface area contributed by atoms with Crippen LogP contribution in [0.4, 0.5) is 4.79 Å². The third-order valence-corrected chi connectivity index (χ3v) is 10.1. The van der Waals surface area contributed by atoms with Crippen LogP contribution in [0.1, 0.15) is 105 Å². The molecule has 9 heteroatoms. The van der Waals surface area contributed by atoms with Gasteiger partial charge in [0, 0.05) is 54.3 Å². The lowest BCUT2D eigenvalue weighted by Crippen LogP contribution is -2.49. The van der Waals surface area contributed by atoms with Crippen LogP contribution in [-0.2, 0) is 17.6 Å². The van der Waals surface area contributed by atoms with Crippen LogP contribution in [-0.4, -0.2) is 88.2 Å². The van der Waals surface area contributed by atoms with Crippen LogP contribution in [0.15, 0.2) is 60.7 Å². The normalized spacial score (nSPS) is 24.1. The maximum absolute atomic E-state index is 12.3. The first-order valence-electron chi connectivity index (χ1n) is 17.8. The predicted octanol–water partition coefficient (Wildman–Crippen LogP) is 9.10. The van der Waals surface area contributed by atoms with Gasteiger partial charge in [-0.15, -0.1) is 0 Å². The molecule has 1 aliphatic carbocycles. The van der Waals surface area contributed by atoms with Gasteiger partial charge in [-0.05, 0) is 120 Å². The lowest BCUT2D eigenvalue weighted by molar-refractivity contribution is 0.0128. The van der Waals surface area contributed by atoms with Gasteiger partial charge in [0.25, 0.3) is 0 Å². The van der Waals surface area contributed by atoms with E-state index in [1.54, 1.807) is 0 Å².